The van der Waals surface area contributed by atoms with E-state index in [1.807, 2.05) is 139 Å². The minimum absolute atomic E-state index is 0.517. The molecule has 0 unspecified atom stereocenters. The second-order valence-corrected chi connectivity index (χ2v) is 12.0. The van der Waals surface area contributed by atoms with Gasteiger partial charge in [0.1, 0.15) is 23.9 Å². The van der Waals surface area contributed by atoms with E-state index in [1.54, 1.807) is 24.9 Å². The van der Waals surface area contributed by atoms with Crippen LogP contribution in [0, 0.1) is 0 Å². The van der Waals surface area contributed by atoms with Crippen molar-refractivity contribution in [2.24, 2.45) is 0 Å². The van der Waals surface area contributed by atoms with Gasteiger partial charge >= 0.3 is 0 Å². The molecule has 0 aliphatic carbocycles. The van der Waals surface area contributed by atoms with Crippen LogP contribution in [0.3, 0.4) is 0 Å². The lowest BCUT2D eigenvalue weighted by Crippen LogP contribution is -2.25. The van der Waals surface area contributed by atoms with Crippen LogP contribution >= 0.6 is 7.14 Å². The average Bonchev–Trinajstić information content (AvgIpc) is 3.89. The number of nitrogens with zero attached hydrogens (tertiary/aromatic N) is 4. The van der Waals surface area contributed by atoms with Gasteiger partial charge in [-0.1, -0.05) is 68.4 Å². The number of aromatic nitrogens is 4. The molecule has 0 bridgehead atoms. The Balaban J connectivity index is 0.00000155. The van der Waals surface area contributed by atoms with E-state index in [4.69, 9.17) is 8.83 Å². The molecule has 0 saturated heterocycles. The second-order valence-electron chi connectivity index (χ2n) is 9.19. The summed E-state index contributed by atoms with van der Waals surface area (Å²) in [5, 5.41) is 2.20. The van der Waals surface area contributed by atoms with Crippen molar-refractivity contribution < 1.29 is 13.4 Å². The van der Waals surface area contributed by atoms with Gasteiger partial charge in [0, 0.05) is 39.7 Å². The summed E-state index contributed by atoms with van der Waals surface area (Å²) >= 11 is 0. The molecule has 7 nitrogen and oxygen atoms in total. The lowest BCUT2D eigenvalue weighted by atomic mass is 10.3. The van der Waals surface area contributed by atoms with Gasteiger partial charge in [-0.05, 0) is 48.5 Å². The molecule has 8 heteroatoms. The fourth-order valence-electron chi connectivity index (χ4n) is 5.02. The summed E-state index contributed by atoms with van der Waals surface area (Å²) in [6.07, 6.45) is 10.2. The maximum Gasteiger partial charge on any atom is 0.243 e. The largest absolute Gasteiger partial charge is 0.443 e. The fraction of sp³-hybridized carbons (Fsp3) is 0.0588. The second kappa shape index (κ2) is 11.8. The topological polar surface area (TPSA) is 79.0 Å². The van der Waals surface area contributed by atoms with Crippen molar-refractivity contribution in [1.29, 1.82) is 0 Å². The van der Waals surface area contributed by atoms with Crippen LogP contribution in [-0.2, 0) is 4.57 Å². The van der Waals surface area contributed by atoms with Gasteiger partial charge in [-0.15, -0.1) is 0 Å². The van der Waals surface area contributed by atoms with E-state index in [0.717, 1.165) is 38.7 Å². The predicted molar refractivity (Wildman–Crippen MR) is 167 cm³/mol. The van der Waals surface area contributed by atoms with Crippen LogP contribution < -0.4 is 15.9 Å². The summed E-state index contributed by atoms with van der Waals surface area (Å²) in [5.41, 5.74) is 3.34. The zero-order valence-corrected chi connectivity index (χ0v) is 24.1. The van der Waals surface area contributed by atoms with E-state index in [1.165, 1.54) is 0 Å². The lowest BCUT2D eigenvalue weighted by Gasteiger charge is -2.22. The summed E-state index contributed by atoms with van der Waals surface area (Å²) < 4.78 is 30.5. The normalized spacial score (nSPS) is 11.2. The van der Waals surface area contributed by atoms with Gasteiger partial charge in [-0.3, -0.25) is 0 Å². The van der Waals surface area contributed by atoms with Crippen LogP contribution in [0.15, 0.2) is 149 Å². The van der Waals surface area contributed by atoms with Crippen LogP contribution in [0.25, 0.3) is 34.5 Å². The number of rotatable bonds is 7. The Morgan fingerprint density at radius 1 is 0.571 bits per heavy atom. The molecule has 4 heterocycles. The molecule has 3 aromatic carbocycles. The van der Waals surface area contributed by atoms with Crippen molar-refractivity contribution in [2.75, 3.05) is 0 Å². The van der Waals surface area contributed by atoms with Gasteiger partial charge in [0.15, 0.2) is 7.14 Å². The first-order chi connectivity index (χ1) is 20.7. The SMILES string of the molecule is CC.O=P(c1ccccc1)(c1cccc(-n2cccc2-c2ncco2)c1)c1cccc(-n2cccc2-c2ncco2)c1. The molecule has 0 amide bonds. The van der Waals surface area contributed by atoms with E-state index in [2.05, 4.69) is 9.97 Å². The van der Waals surface area contributed by atoms with Gasteiger partial charge in [-0.2, -0.15) is 0 Å². The number of hydrogen-bond acceptors (Lipinski definition) is 5. The Morgan fingerprint density at radius 3 is 1.50 bits per heavy atom. The summed E-state index contributed by atoms with van der Waals surface area (Å²) in [7, 11) is -3.29. The first kappa shape index (κ1) is 27.1. The van der Waals surface area contributed by atoms with Crippen molar-refractivity contribution in [3.05, 3.63) is 140 Å². The third-order valence-electron chi connectivity index (χ3n) is 6.86. The molecule has 0 spiro atoms. The number of oxazole rings is 2. The van der Waals surface area contributed by atoms with Crippen LogP contribution in [-0.4, -0.2) is 19.1 Å². The zero-order valence-electron chi connectivity index (χ0n) is 23.2. The van der Waals surface area contributed by atoms with Gasteiger partial charge < -0.3 is 22.5 Å². The van der Waals surface area contributed by atoms with E-state index in [0.29, 0.717) is 11.8 Å². The van der Waals surface area contributed by atoms with E-state index in [-0.39, 0.29) is 0 Å². The molecular weight excluding hydrogens is 543 g/mol. The summed E-state index contributed by atoms with van der Waals surface area (Å²) in [6, 6.07) is 33.1. The van der Waals surface area contributed by atoms with Crippen LogP contribution in [0.2, 0.25) is 0 Å². The van der Waals surface area contributed by atoms with E-state index in [9.17, 15) is 0 Å². The molecule has 7 aromatic rings. The van der Waals surface area contributed by atoms with E-state index < -0.39 is 7.14 Å². The van der Waals surface area contributed by atoms with E-state index >= 15 is 4.57 Å². The molecule has 0 atom stereocenters. The van der Waals surface area contributed by atoms with Crippen molar-refractivity contribution in [3.8, 4) is 34.5 Å². The molecule has 0 aliphatic heterocycles. The van der Waals surface area contributed by atoms with Gasteiger partial charge in [-0.25, -0.2) is 9.97 Å². The Labute approximate surface area is 244 Å². The maximum absolute atomic E-state index is 15.4. The highest BCUT2D eigenvalue weighted by Gasteiger charge is 2.31. The fourth-order valence-corrected chi connectivity index (χ4v) is 7.73. The zero-order chi connectivity index (χ0) is 28.9. The van der Waals surface area contributed by atoms with Crippen LogP contribution in [0.1, 0.15) is 13.8 Å². The molecular formula is C34H29N4O3P. The first-order valence-electron chi connectivity index (χ1n) is 13.7. The molecule has 208 valence electrons. The quantitative estimate of drug-likeness (QED) is 0.188. The molecule has 0 aliphatic rings. The van der Waals surface area contributed by atoms with Crippen molar-refractivity contribution >= 4 is 23.1 Å². The Kier molecular flexibility index (Phi) is 7.58. The summed E-state index contributed by atoms with van der Waals surface area (Å²) in [5.74, 6) is 1.03. The van der Waals surface area contributed by atoms with Gasteiger partial charge in [0.05, 0.1) is 12.4 Å². The minimum Gasteiger partial charge on any atom is -0.443 e. The number of benzene rings is 3. The number of hydrogen-bond donors (Lipinski definition) is 0. The van der Waals surface area contributed by atoms with Crippen LogP contribution in [0.5, 0.6) is 0 Å². The Hall–Kier alpha value is -5.13. The molecule has 0 N–H and O–H groups in total. The van der Waals surface area contributed by atoms with Crippen molar-refractivity contribution in [1.82, 2.24) is 19.1 Å². The predicted octanol–water partition coefficient (Wildman–Crippen LogP) is 7.24. The smallest absolute Gasteiger partial charge is 0.243 e. The standard InChI is InChI=1S/C32H23N4O3P.C2H6/c37-40(26-10-2-1-3-11-26,27-12-4-8-24(22-27)35-18-6-14-29(35)31-33-16-20-38-31)28-13-5-9-25(23-28)36-19-7-15-30(36)32-34-17-21-39-32;1-2/h1-23H;1-2H3. The maximum atomic E-state index is 15.4. The first-order valence-corrected chi connectivity index (χ1v) is 15.4. The van der Waals surface area contributed by atoms with Gasteiger partial charge in [0.2, 0.25) is 11.8 Å². The highest BCUT2D eigenvalue weighted by atomic mass is 31.2. The summed E-state index contributed by atoms with van der Waals surface area (Å²) in [4.78, 5) is 8.63. The van der Waals surface area contributed by atoms with Crippen molar-refractivity contribution in [3.63, 3.8) is 0 Å². The lowest BCUT2D eigenvalue weighted by molar-refractivity contribution is 0.570. The average molecular weight is 573 g/mol. The highest BCUT2D eigenvalue weighted by Crippen LogP contribution is 2.43. The summed E-state index contributed by atoms with van der Waals surface area (Å²) in [6.45, 7) is 4.00. The third-order valence-corrected chi connectivity index (χ3v) is 9.90. The highest BCUT2D eigenvalue weighted by molar-refractivity contribution is 7.85. The minimum atomic E-state index is -3.29. The molecule has 0 radical (unpaired) electrons. The third kappa shape index (κ3) is 4.84. The molecule has 4 aromatic heterocycles. The molecule has 0 fully saturated rings. The monoisotopic (exact) mass is 572 g/mol. The molecule has 42 heavy (non-hydrogen) atoms. The molecule has 7 rings (SSSR count). The van der Waals surface area contributed by atoms with Crippen molar-refractivity contribution in [2.45, 2.75) is 13.8 Å². The van der Waals surface area contributed by atoms with Crippen LogP contribution in [0.4, 0.5) is 0 Å². The van der Waals surface area contributed by atoms with Gasteiger partial charge in [0.25, 0.3) is 0 Å². The Bertz CT molecular complexity index is 1820. The molecule has 0 saturated carbocycles. The Morgan fingerprint density at radius 2 is 1.05 bits per heavy atom.